The number of nitrogens with zero attached hydrogens (tertiary/aromatic N) is 5. The van der Waals surface area contributed by atoms with Gasteiger partial charge in [0.15, 0.2) is 11.0 Å². The Labute approximate surface area is 310 Å². The summed E-state index contributed by atoms with van der Waals surface area (Å²) < 4.78 is 74.5. The Morgan fingerprint density at radius 2 is 1.70 bits per heavy atom. The topological polar surface area (TPSA) is 155 Å². The number of alkyl halides is 6. The third-order valence-electron chi connectivity index (χ3n) is 7.59. The van der Waals surface area contributed by atoms with E-state index in [0.29, 0.717) is 29.1 Å². The molecule has 3 aromatic carbocycles. The molecule has 0 radical (unpaired) electrons. The molecule has 5 rings (SSSR count). The fourth-order valence-electron chi connectivity index (χ4n) is 4.92. The van der Waals surface area contributed by atoms with Crippen molar-refractivity contribution >= 4 is 40.7 Å². The number of benzene rings is 3. The number of amidine groups is 1. The monoisotopic (exact) mass is 778 g/mol. The van der Waals surface area contributed by atoms with E-state index in [0.717, 1.165) is 53.9 Å². The molecule has 1 fully saturated rings. The van der Waals surface area contributed by atoms with Crippen LogP contribution in [0.5, 0.6) is 5.75 Å². The Balaban J connectivity index is 0.000000845. The van der Waals surface area contributed by atoms with Gasteiger partial charge >= 0.3 is 18.5 Å². The number of halogens is 6. The number of aliphatic imine (C=N–C) groups is 1. The number of hydrogen-bond acceptors (Lipinski definition) is 9. The number of carbonyl (C=O) groups excluding carboxylic acids is 1. The van der Waals surface area contributed by atoms with Crippen LogP contribution in [0.2, 0.25) is 0 Å². The molecule has 2 heterocycles. The molecular formula is C35H36F6N8O4S. The van der Waals surface area contributed by atoms with Gasteiger partial charge in [0.25, 0.3) is 0 Å². The number of hydrogen-bond donors (Lipinski definition) is 4. The van der Waals surface area contributed by atoms with Crippen LogP contribution in [0.4, 0.5) is 32.0 Å². The van der Waals surface area contributed by atoms with Crippen LogP contribution in [0.3, 0.4) is 0 Å². The van der Waals surface area contributed by atoms with Crippen LogP contribution in [0.15, 0.2) is 83.2 Å². The zero-order chi connectivity index (χ0) is 39.3. The number of aryl methyl sites for hydroxylation is 2. The van der Waals surface area contributed by atoms with Gasteiger partial charge in [-0.1, -0.05) is 54.2 Å². The van der Waals surface area contributed by atoms with Crippen molar-refractivity contribution in [1.82, 2.24) is 30.8 Å². The Morgan fingerprint density at radius 1 is 1.04 bits per heavy atom. The average molecular weight is 779 g/mol. The van der Waals surface area contributed by atoms with Crippen LogP contribution in [-0.2, 0) is 9.59 Å². The molecule has 19 heteroatoms. The second-order valence-electron chi connectivity index (χ2n) is 11.8. The van der Waals surface area contributed by atoms with Gasteiger partial charge in [0.2, 0.25) is 5.91 Å². The van der Waals surface area contributed by atoms with Gasteiger partial charge in [-0.15, -0.1) is 18.3 Å². The molecule has 1 aliphatic heterocycles. The minimum Gasteiger partial charge on any atom is -0.475 e. The lowest BCUT2D eigenvalue weighted by Crippen LogP contribution is -2.38. The predicted octanol–water partition coefficient (Wildman–Crippen LogP) is 6.54. The molecule has 1 aliphatic rings. The van der Waals surface area contributed by atoms with E-state index in [1.54, 1.807) is 6.21 Å². The number of nitrogens with one attached hydrogen (secondary N) is 3. The van der Waals surface area contributed by atoms with Crippen molar-refractivity contribution in [1.29, 1.82) is 0 Å². The van der Waals surface area contributed by atoms with Crippen LogP contribution < -0.4 is 20.8 Å². The molecule has 0 saturated carbocycles. The highest BCUT2D eigenvalue weighted by atomic mass is 32.2. The number of carboxylic acids is 1. The Hall–Kier alpha value is -5.43. The van der Waals surface area contributed by atoms with E-state index < -0.39 is 18.5 Å². The van der Waals surface area contributed by atoms with Crippen molar-refractivity contribution in [3.63, 3.8) is 0 Å². The number of piperidine rings is 1. The molecule has 54 heavy (non-hydrogen) atoms. The van der Waals surface area contributed by atoms with E-state index in [1.807, 2.05) is 56.3 Å². The Kier molecular flexibility index (Phi) is 14.6. The molecule has 288 valence electrons. The minimum absolute atomic E-state index is 0.0558. The van der Waals surface area contributed by atoms with Crippen molar-refractivity contribution in [2.24, 2.45) is 16.0 Å². The van der Waals surface area contributed by atoms with Crippen molar-refractivity contribution in [2.45, 2.75) is 39.2 Å². The fourth-order valence-corrected chi connectivity index (χ4v) is 5.56. The SMILES string of the molecule is Cc1cccc(C)c1N=C(N/N=C/c1ccc(-c2ncn(-c3ccc(OC(F)(F)F)cc3)n2)cc1)SCC(=O)NCC1CCCNC1.O=C(O)C(F)(F)F. The zero-order valence-electron chi connectivity index (χ0n) is 28.9. The number of rotatable bonds is 10. The molecule has 1 atom stereocenters. The second kappa shape index (κ2) is 19.1. The Bertz CT molecular complexity index is 1890. The molecule has 1 amide bonds. The maximum Gasteiger partial charge on any atom is 0.573 e. The lowest BCUT2D eigenvalue weighted by molar-refractivity contribution is -0.274. The predicted molar refractivity (Wildman–Crippen MR) is 192 cm³/mol. The number of ether oxygens (including phenoxy) is 1. The molecule has 4 aromatic rings. The molecule has 1 aromatic heterocycles. The summed E-state index contributed by atoms with van der Waals surface area (Å²) in [6.07, 6.45) is -4.47. The maximum atomic E-state index is 12.6. The van der Waals surface area contributed by atoms with Crippen LogP contribution in [0, 0.1) is 19.8 Å². The normalized spacial score (nSPS) is 15.0. The van der Waals surface area contributed by atoms with Gasteiger partial charge < -0.3 is 20.5 Å². The van der Waals surface area contributed by atoms with E-state index in [-0.39, 0.29) is 17.4 Å². The van der Waals surface area contributed by atoms with Gasteiger partial charge in [-0.2, -0.15) is 18.3 Å². The minimum atomic E-state index is -5.08. The van der Waals surface area contributed by atoms with Crippen molar-refractivity contribution in [3.8, 4) is 22.8 Å². The van der Waals surface area contributed by atoms with Crippen LogP contribution in [-0.4, -0.2) is 81.1 Å². The molecule has 0 bridgehead atoms. The number of amides is 1. The number of para-hydroxylation sites is 1. The van der Waals surface area contributed by atoms with E-state index >= 15 is 0 Å². The van der Waals surface area contributed by atoms with Crippen molar-refractivity contribution < 1.29 is 45.8 Å². The van der Waals surface area contributed by atoms with Crippen molar-refractivity contribution in [3.05, 3.63) is 89.7 Å². The quantitative estimate of drug-likeness (QED) is 0.0608. The fraction of sp³-hybridized carbons (Fsp3) is 0.314. The maximum absolute atomic E-state index is 12.6. The first-order valence-electron chi connectivity index (χ1n) is 16.3. The van der Waals surface area contributed by atoms with Gasteiger partial charge in [-0.25, -0.2) is 19.5 Å². The van der Waals surface area contributed by atoms with Gasteiger partial charge in [-0.05, 0) is 86.7 Å². The van der Waals surface area contributed by atoms with Crippen LogP contribution in [0.25, 0.3) is 17.1 Å². The number of aliphatic carboxylic acids is 1. The second-order valence-corrected chi connectivity index (χ2v) is 12.8. The summed E-state index contributed by atoms with van der Waals surface area (Å²) in [7, 11) is 0. The lowest BCUT2D eigenvalue weighted by Gasteiger charge is -2.22. The van der Waals surface area contributed by atoms with Gasteiger partial charge in [-0.3, -0.25) is 10.2 Å². The summed E-state index contributed by atoms with van der Waals surface area (Å²) in [5.74, 6) is -2.04. The van der Waals surface area contributed by atoms with Crippen LogP contribution >= 0.6 is 11.8 Å². The molecule has 12 nitrogen and oxygen atoms in total. The largest absolute Gasteiger partial charge is 0.573 e. The number of carboxylic acid groups (broad SMARTS) is 1. The summed E-state index contributed by atoms with van der Waals surface area (Å²) in [4.78, 5) is 30.7. The summed E-state index contributed by atoms with van der Waals surface area (Å²) >= 11 is 1.29. The summed E-state index contributed by atoms with van der Waals surface area (Å²) in [5, 5.41) is 22.9. The molecular weight excluding hydrogens is 742 g/mol. The van der Waals surface area contributed by atoms with E-state index in [1.165, 1.54) is 47.0 Å². The van der Waals surface area contributed by atoms with E-state index in [4.69, 9.17) is 14.9 Å². The standard InChI is InChI=1S/C33H35F3N8O2S.C2HF3O2/c1-22-5-3-6-23(2)30(22)41-32(47-20-29(45)38-18-25-7-4-16-37-17-25)42-40-19-24-8-10-26(11-9-24)31-39-21-44(43-31)27-12-14-28(15-13-27)46-33(34,35)36;3-2(4,5)1(6)7/h3,5-6,8-15,19,21,25,37H,4,7,16-18,20H2,1-2H3,(H,38,45)(H,41,42);(H,6,7)/b40-19+;. The Morgan fingerprint density at radius 3 is 2.30 bits per heavy atom. The summed E-state index contributed by atoms with van der Waals surface area (Å²) in [5.41, 5.74) is 7.95. The first kappa shape index (κ1) is 41.3. The first-order valence-corrected chi connectivity index (χ1v) is 17.3. The van der Waals surface area contributed by atoms with Gasteiger partial charge in [0, 0.05) is 12.1 Å². The van der Waals surface area contributed by atoms with E-state index in [9.17, 15) is 31.1 Å². The third kappa shape index (κ3) is 13.5. The molecule has 0 aliphatic carbocycles. The first-order chi connectivity index (χ1) is 25.6. The molecule has 0 spiro atoms. The average Bonchev–Trinajstić information content (AvgIpc) is 3.62. The number of hydrazone groups is 1. The lowest BCUT2D eigenvalue weighted by atomic mass is 10.00. The number of carbonyl (C=O) groups is 2. The number of aromatic nitrogens is 3. The van der Waals surface area contributed by atoms with Crippen molar-refractivity contribution in [2.75, 3.05) is 25.4 Å². The summed E-state index contributed by atoms with van der Waals surface area (Å²) in [6, 6.07) is 18.7. The number of thioether (sulfide) groups is 1. The molecule has 1 unspecified atom stereocenters. The smallest absolute Gasteiger partial charge is 0.475 e. The molecule has 4 N–H and O–H groups in total. The highest BCUT2D eigenvalue weighted by Gasteiger charge is 2.38. The highest BCUT2D eigenvalue weighted by Crippen LogP contribution is 2.26. The zero-order valence-corrected chi connectivity index (χ0v) is 29.7. The third-order valence-corrected chi connectivity index (χ3v) is 8.45. The van der Waals surface area contributed by atoms with E-state index in [2.05, 4.69) is 36.0 Å². The van der Waals surface area contributed by atoms with Gasteiger partial charge in [0.05, 0.1) is 23.3 Å². The van der Waals surface area contributed by atoms with Crippen LogP contribution in [0.1, 0.15) is 29.5 Å². The summed E-state index contributed by atoms with van der Waals surface area (Å²) in [6.45, 7) is 6.59. The highest BCUT2D eigenvalue weighted by molar-refractivity contribution is 8.14. The molecule has 1 saturated heterocycles. The van der Waals surface area contributed by atoms with Gasteiger partial charge in [0.1, 0.15) is 12.1 Å².